The summed E-state index contributed by atoms with van der Waals surface area (Å²) >= 11 is 15.0. The van der Waals surface area contributed by atoms with Crippen molar-refractivity contribution in [1.82, 2.24) is 0 Å². The Kier molecular flexibility index (Phi) is 3.38. The van der Waals surface area contributed by atoms with Crippen LogP contribution in [0.3, 0.4) is 0 Å². The third-order valence-electron chi connectivity index (χ3n) is 2.20. The molecule has 1 atom stereocenters. The minimum absolute atomic E-state index is 0.166. The highest BCUT2D eigenvalue weighted by molar-refractivity contribution is 7.20. The van der Waals surface area contributed by atoms with Gasteiger partial charge >= 0.3 is 0 Å². The zero-order chi connectivity index (χ0) is 11.0. The second-order valence-electron chi connectivity index (χ2n) is 3.23. The van der Waals surface area contributed by atoms with Crippen LogP contribution in [0.25, 0.3) is 0 Å². The lowest BCUT2D eigenvalue weighted by Gasteiger charge is -2.09. The Bertz CT molecular complexity index is 475. The van der Waals surface area contributed by atoms with Crippen molar-refractivity contribution in [3.05, 3.63) is 42.2 Å². The smallest absolute Gasteiger partial charge is 0.0995 e. The molecule has 0 bridgehead atoms. The van der Waals surface area contributed by atoms with Crippen molar-refractivity contribution < 1.29 is 0 Å². The van der Waals surface area contributed by atoms with E-state index in [9.17, 15) is 0 Å². The standard InChI is InChI=1S/C10H9Cl2NS2/c1-5-2-3-14-9(5)8(13)6-4-7(11)15-10(6)12/h2-4,8H,13H2,1H3. The third-order valence-corrected chi connectivity index (χ3v) is 4.82. The highest BCUT2D eigenvalue weighted by Gasteiger charge is 2.18. The van der Waals surface area contributed by atoms with Crippen LogP contribution in [0.1, 0.15) is 22.0 Å². The van der Waals surface area contributed by atoms with Crippen molar-refractivity contribution in [3.8, 4) is 0 Å². The van der Waals surface area contributed by atoms with E-state index in [1.54, 1.807) is 11.3 Å². The summed E-state index contributed by atoms with van der Waals surface area (Å²) in [6.45, 7) is 2.05. The first-order valence-electron chi connectivity index (χ1n) is 4.34. The van der Waals surface area contributed by atoms with E-state index >= 15 is 0 Å². The van der Waals surface area contributed by atoms with Crippen molar-refractivity contribution in [3.63, 3.8) is 0 Å². The maximum Gasteiger partial charge on any atom is 0.0995 e. The van der Waals surface area contributed by atoms with Crippen molar-refractivity contribution in [2.75, 3.05) is 0 Å². The van der Waals surface area contributed by atoms with Crippen LogP contribution in [0.2, 0.25) is 8.67 Å². The van der Waals surface area contributed by atoms with Gasteiger partial charge in [0.25, 0.3) is 0 Å². The number of aryl methyl sites for hydroxylation is 1. The Hall–Kier alpha value is -0.0600. The normalized spacial score (nSPS) is 13.1. The summed E-state index contributed by atoms with van der Waals surface area (Å²) < 4.78 is 1.36. The molecule has 0 aliphatic heterocycles. The molecule has 2 aromatic rings. The summed E-state index contributed by atoms with van der Waals surface area (Å²) in [5.41, 5.74) is 8.26. The second kappa shape index (κ2) is 4.44. The highest BCUT2D eigenvalue weighted by atomic mass is 35.5. The molecule has 0 aromatic carbocycles. The number of halogens is 2. The number of rotatable bonds is 2. The molecule has 0 aliphatic rings. The van der Waals surface area contributed by atoms with Gasteiger partial charge in [-0.1, -0.05) is 23.2 Å². The first kappa shape index (κ1) is 11.4. The van der Waals surface area contributed by atoms with Crippen LogP contribution < -0.4 is 5.73 Å². The van der Waals surface area contributed by atoms with Crippen molar-refractivity contribution in [1.29, 1.82) is 0 Å². The van der Waals surface area contributed by atoms with E-state index in [0.29, 0.717) is 8.67 Å². The first-order chi connectivity index (χ1) is 7.09. The maximum absolute atomic E-state index is 6.15. The quantitative estimate of drug-likeness (QED) is 0.861. The van der Waals surface area contributed by atoms with E-state index < -0.39 is 0 Å². The van der Waals surface area contributed by atoms with Gasteiger partial charge in [0, 0.05) is 10.4 Å². The van der Waals surface area contributed by atoms with Gasteiger partial charge in [-0.25, -0.2) is 0 Å². The molecule has 0 fully saturated rings. The molecule has 2 N–H and O–H groups in total. The Balaban J connectivity index is 2.40. The lowest BCUT2D eigenvalue weighted by Crippen LogP contribution is -2.10. The molecule has 2 heterocycles. The van der Waals surface area contributed by atoms with Gasteiger partial charge in [0.2, 0.25) is 0 Å². The van der Waals surface area contributed by atoms with Crippen LogP contribution in [-0.4, -0.2) is 0 Å². The fourth-order valence-corrected chi connectivity index (χ4v) is 3.91. The molecule has 5 heteroatoms. The average molecular weight is 278 g/mol. The van der Waals surface area contributed by atoms with Crippen LogP contribution in [0.15, 0.2) is 17.5 Å². The molecule has 0 aliphatic carbocycles. The fourth-order valence-electron chi connectivity index (χ4n) is 1.41. The average Bonchev–Trinajstić information content (AvgIpc) is 2.71. The molecule has 15 heavy (non-hydrogen) atoms. The largest absolute Gasteiger partial charge is 0.320 e. The van der Waals surface area contributed by atoms with E-state index in [1.807, 2.05) is 18.4 Å². The molecule has 2 aromatic heterocycles. The summed E-state index contributed by atoms with van der Waals surface area (Å²) in [6.07, 6.45) is 0. The van der Waals surface area contributed by atoms with Gasteiger partial charge in [0.1, 0.15) is 0 Å². The van der Waals surface area contributed by atoms with Gasteiger partial charge in [-0.05, 0) is 30.0 Å². The Morgan fingerprint density at radius 2 is 2.13 bits per heavy atom. The van der Waals surface area contributed by atoms with E-state index in [0.717, 1.165) is 10.4 Å². The fraction of sp³-hybridized carbons (Fsp3) is 0.200. The molecular weight excluding hydrogens is 269 g/mol. The summed E-state index contributed by atoms with van der Waals surface area (Å²) in [5, 5.41) is 2.03. The van der Waals surface area contributed by atoms with Crippen LogP contribution in [-0.2, 0) is 0 Å². The predicted octanol–water partition coefficient (Wildman–Crippen LogP) is 4.47. The molecule has 1 unspecified atom stereocenters. The molecule has 80 valence electrons. The number of thiophene rings is 2. The minimum atomic E-state index is -0.166. The topological polar surface area (TPSA) is 26.0 Å². The molecular formula is C10H9Cl2NS2. The minimum Gasteiger partial charge on any atom is -0.320 e. The molecule has 0 amide bonds. The SMILES string of the molecule is Cc1ccsc1C(N)c1cc(Cl)sc1Cl. The summed E-state index contributed by atoms with van der Waals surface area (Å²) in [4.78, 5) is 1.14. The van der Waals surface area contributed by atoms with Crippen molar-refractivity contribution >= 4 is 45.9 Å². The van der Waals surface area contributed by atoms with Gasteiger partial charge in [-0.2, -0.15) is 0 Å². The van der Waals surface area contributed by atoms with E-state index in [4.69, 9.17) is 28.9 Å². The zero-order valence-corrected chi connectivity index (χ0v) is 11.1. The number of hydrogen-bond donors (Lipinski definition) is 1. The molecule has 0 radical (unpaired) electrons. The maximum atomic E-state index is 6.15. The third kappa shape index (κ3) is 2.22. The van der Waals surface area contributed by atoms with Gasteiger partial charge in [-0.15, -0.1) is 22.7 Å². The van der Waals surface area contributed by atoms with Crippen LogP contribution in [0.4, 0.5) is 0 Å². The van der Waals surface area contributed by atoms with Crippen LogP contribution in [0, 0.1) is 6.92 Å². The molecule has 2 rings (SSSR count). The van der Waals surface area contributed by atoms with Crippen molar-refractivity contribution in [2.24, 2.45) is 5.73 Å². The Labute approximate surface area is 106 Å². The number of hydrogen-bond acceptors (Lipinski definition) is 3. The Morgan fingerprint density at radius 1 is 1.40 bits per heavy atom. The van der Waals surface area contributed by atoms with E-state index in [1.165, 1.54) is 16.9 Å². The van der Waals surface area contributed by atoms with Gasteiger partial charge in [0.15, 0.2) is 0 Å². The van der Waals surface area contributed by atoms with Crippen LogP contribution in [0.5, 0.6) is 0 Å². The Morgan fingerprint density at radius 3 is 2.60 bits per heavy atom. The zero-order valence-electron chi connectivity index (χ0n) is 7.96. The van der Waals surface area contributed by atoms with Gasteiger partial charge < -0.3 is 5.73 Å². The lowest BCUT2D eigenvalue weighted by atomic mass is 10.1. The summed E-state index contributed by atoms with van der Waals surface area (Å²) in [5.74, 6) is 0. The molecule has 0 spiro atoms. The molecule has 0 saturated carbocycles. The molecule has 0 saturated heterocycles. The van der Waals surface area contributed by atoms with E-state index in [2.05, 4.69) is 6.07 Å². The van der Waals surface area contributed by atoms with Crippen molar-refractivity contribution in [2.45, 2.75) is 13.0 Å². The van der Waals surface area contributed by atoms with Crippen LogP contribution >= 0.6 is 45.9 Å². The van der Waals surface area contributed by atoms with Gasteiger partial charge in [0.05, 0.1) is 14.7 Å². The summed E-state index contributed by atoms with van der Waals surface area (Å²) in [6, 6.07) is 3.74. The lowest BCUT2D eigenvalue weighted by molar-refractivity contribution is 0.891. The van der Waals surface area contributed by atoms with E-state index in [-0.39, 0.29) is 6.04 Å². The predicted molar refractivity (Wildman–Crippen MR) is 69.4 cm³/mol. The number of nitrogens with two attached hydrogens (primary N) is 1. The first-order valence-corrected chi connectivity index (χ1v) is 6.79. The summed E-state index contributed by atoms with van der Waals surface area (Å²) in [7, 11) is 0. The molecule has 1 nitrogen and oxygen atoms in total. The second-order valence-corrected chi connectivity index (χ2v) is 6.46. The monoisotopic (exact) mass is 277 g/mol. The van der Waals surface area contributed by atoms with Gasteiger partial charge in [-0.3, -0.25) is 0 Å². The highest BCUT2D eigenvalue weighted by Crippen LogP contribution is 2.38.